The number of Topliss-reactive ketones (excluding diaryl/α,β-unsaturated/α-hetero) is 1. The van der Waals surface area contributed by atoms with Crippen molar-refractivity contribution in [2.75, 3.05) is 6.61 Å². The minimum Gasteiger partial charge on any atom is -0.479 e. The maximum atomic E-state index is 11.7. The van der Waals surface area contributed by atoms with Crippen LogP contribution in [0.5, 0.6) is 5.75 Å². The topological polar surface area (TPSA) is 52.6 Å². The monoisotopic (exact) mass is 342 g/mol. The standard InChI is InChI=1S/C15H19BrO4/c1-10(20-12-7-5-11(16)6-8-12)14(18)19-9-13(17)15(2,3)4/h5-8,10H,9H2,1-4H3/t10-/m1/s1. The largest absolute Gasteiger partial charge is 0.479 e. The zero-order valence-corrected chi connectivity index (χ0v) is 13.7. The van der Waals surface area contributed by atoms with E-state index in [2.05, 4.69) is 15.9 Å². The molecule has 0 N–H and O–H groups in total. The highest BCUT2D eigenvalue weighted by atomic mass is 79.9. The third-order valence-electron chi connectivity index (χ3n) is 2.64. The molecule has 0 aromatic heterocycles. The Balaban J connectivity index is 2.47. The average Bonchev–Trinajstić information content (AvgIpc) is 2.36. The van der Waals surface area contributed by atoms with E-state index in [1.165, 1.54) is 0 Å². The second-order valence-corrected chi connectivity index (χ2v) is 6.41. The van der Waals surface area contributed by atoms with Gasteiger partial charge >= 0.3 is 5.97 Å². The number of carbonyl (C=O) groups excluding carboxylic acids is 2. The Kier molecular flexibility index (Phi) is 5.74. The Bertz CT molecular complexity index is 474. The number of halogens is 1. The molecule has 1 atom stereocenters. The second-order valence-electron chi connectivity index (χ2n) is 5.49. The van der Waals surface area contributed by atoms with Crippen molar-refractivity contribution >= 4 is 27.7 Å². The molecule has 110 valence electrons. The summed E-state index contributed by atoms with van der Waals surface area (Å²) in [5, 5.41) is 0. The normalized spacial score (nSPS) is 12.7. The molecule has 0 saturated heterocycles. The summed E-state index contributed by atoms with van der Waals surface area (Å²) < 4.78 is 11.3. The van der Waals surface area contributed by atoms with Gasteiger partial charge in [-0.05, 0) is 31.2 Å². The van der Waals surface area contributed by atoms with Crippen LogP contribution in [0.4, 0.5) is 0 Å². The van der Waals surface area contributed by atoms with Crippen molar-refractivity contribution in [2.24, 2.45) is 5.41 Å². The van der Waals surface area contributed by atoms with Gasteiger partial charge in [0.1, 0.15) is 5.75 Å². The number of esters is 1. The van der Waals surface area contributed by atoms with Crippen LogP contribution < -0.4 is 4.74 Å². The molecule has 0 aliphatic heterocycles. The first kappa shape index (κ1) is 16.7. The first-order valence-corrected chi connectivity index (χ1v) is 7.11. The lowest BCUT2D eigenvalue weighted by Crippen LogP contribution is -2.31. The highest BCUT2D eigenvalue weighted by Gasteiger charge is 2.24. The van der Waals surface area contributed by atoms with Gasteiger partial charge in [-0.25, -0.2) is 4.79 Å². The molecule has 1 aromatic carbocycles. The molecule has 0 saturated carbocycles. The van der Waals surface area contributed by atoms with Gasteiger partial charge in [-0.2, -0.15) is 0 Å². The molecule has 1 aromatic rings. The maximum Gasteiger partial charge on any atom is 0.347 e. The van der Waals surface area contributed by atoms with Crippen molar-refractivity contribution in [1.29, 1.82) is 0 Å². The Labute approximate surface area is 127 Å². The third-order valence-corrected chi connectivity index (χ3v) is 3.17. The van der Waals surface area contributed by atoms with Crippen LogP contribution in [0.15, 0.2) is 28.7 Å². The van der Waals surface area contributed by atoms with Gasteiger partial charge in [0.25, 0.3) is 0 Å². The Hall–Kier alpha value is -1.36. The van der Waals surface area contributed by atoms with Crippen molar-refractivity contribution in [3.05, 3.63) is 28.7 Å². The van der Waals surface area contributed by atoms with Crippen molar-refractivity contribution in [3.63, 3.8) is 0 Å². The number of rotatable bonds is 5. The molecule has 4 nitrogen and oxygen atoms in total. The summed E-state index contributed by atoms with van der Waals surface area (Å²) in [6.45, 7) is 6.71. The number of benzene rings is 1. The third kappa shape index (κ3) is 5.33. The van der Waals surface area contributed by atoms with E-state index in [1.807, 2.05) is 12.1 Å². The summed E-state index contributed by atoms with van der Waals surface area (Å²) in [4.78, 5) is 23.4. The van der Waals surface area contributed by atoms with Crippen LogP contribution in [0.2, 0.25) is 0 Å². The van der Waals surface area contributed by atoms with Gasteiger partial charge in [0.15, 0.2) is 18.5 Å². The highest BCUT2D eigenvalue weighted by Crippen LogP contribution is 2.18. The minimum absolute atomic E-state index is 0.123. The van der Waals surface area contributed by atoms with Gasteiger partial charge in [-0.15, -0.1) is 0 Å². The van der Waals surface area contributed by atoms with E-state index in [1.54, 1.807) is 39.8 Å². The predicted molar refractivity (Wildman–Crippen MR) is 79.7 cm³/mol. The van der Waals surface area contributed by atoms with E-state index >= 15 is 0 Å². The molecule has 0 unspecified atom stereocenters. The van der Waals surface area contributed by atoms with Gasteiger partial charge in [0.2, 0.25) is 0 Å². The van der Waals surface area contributed by atoms with Crippen LogP contribution in [0.3, 0.4) is 0 Å². The fourth-order valence-corrected chi connectivity index (χ4v) is 1.50. The summed E-state index contributed by atoms with van der Waals surface area (Å²) in [5.74, 6) is -0.105. The van der Waals surface area contributed by atoms with Gasteiger partial charge < -0.3 is 9.47 Å². The summed E-state index contributed by atoms with van der Waals surface area (Å²) in [6.07, 6.45) is -0.760. The molecule has 0 radical (unpaired) electrons. The first-order chi connectivity index (χ1) is 9.20. The average molecular weight is 343 g/mol. The first-order valence-electron chi connectivity index (χ1n) is 6.32. The van der Waals surface area contributed by atoms with E-state index in [4.69, 9.17) is 9.47 Å². The van der Waals surface area contributed by atoms with Crippen LogP contribution in [-0.4, -0.2) is 24.5 Å². The van der Waals surface area contributed by atoms with Crippen LogP contribution in [0.25, 0.3) is 0 Å². The Morgan fingerprint density at radius 3 is 2.25 bits per heavy atom. The number of hydrogen-bond acceptors (Lipinski definition) is 4. The van der Waals surface area contributed by atoms with Crippen molar-refractivity contribution in [1.82, 2.24) is 0 Å². The summed E-state index contributed by atoms with van der Waals surface area (Å²) in [5.41, 5.74) is -0.518. The zero-order chi connectivity index (χ0) is 15.3. The lowest BCUT2D eigenvalue weighted by Gasteiger charge is -2.18. The lowest BCUT2D eigenvalue weighted by atomic mass is 9.91. The van der Waals surface area contributed by atoms with E-state index in [9.17, 15) is 9.59 Å². The van der Waals surface area contributed by atoms with Gasteiger partial charge in [0, 0.05) is 9.89 Å². The van der Waals surface area contributed by atoms with Crippen molar-refractivity contribution in [2.45, 2.75) is 33.8 Å². The van der Waals surface area contributed by atoms with Crippen molar-refractivity contribution < 1.29 is 19.1 Å². The number of carbonyl (C=O) groups is 2. The molecule has 1 rings (SSSR count). The lowest BCUT2D eigenvalue weighted by molar-refractivity contribution is -0.155. The molecule has 0 amide bonds. The summed E-state index contributed by atoms with van der Waals surface area (Å²) in [7, 11) is 0. The van der Waals surface area contributed by atoms with Gasteiger partial charge in [-0.1, -0.05) is 36.7 Å². The predicted octanol–water partition coefficient (Wildman–Crippen LogP) is 3.37. The van der Waals surface area contributed by atoms with Crippen LogP contribution >= 0.6 is 15.9 Å². The van der Waals surface area contributed by atoms with E-state index in [0.29, 0.717) is 5.75 Å². The zero-order valence-electron chi connectivity index (χ0n) is 12.1. The molecule has 20 heavy (non-hydrogen) atoms. The fourth-order valence-electron chi connectivity index (χ4n) is 1.24. The molecular formula is C15H19BrO4. The highest BCUT2D eigenvalue weighted by molar-refractivity contribution is 9.10. The quantitative estimate of drug-likeness (QED) is 0.769. The van der Waals surface area contributed by atoms with Crippen LogP contribution in [0, 0.1) is 5.41 Å². The van der Waals surface area contributed by atoms with Crippen LogP contribution in [0.1, 0.15) is 27.7 Å². The molecule has 0 heterocycles. The van der Waals surface area contributed by atoms with Crippen LogP contribution in [-0.2, 0) is 14.3 Å². The van der Waals surface area contributed by atoms with E-state index < -0.39 is 17.5 Å². The van der Waals surface area contributed by atoms with E-state index in [-0.39, 0.29) is 12.4 Å². The second kappa shape index (κ2) is 6.88. The van der Waals surface area contributed by atoms with E-state index in [0.717, 1.165) is 4.47 Å². The Morgan fingerprint density at radius 1 is 1.20 bits per heavy atom. The summed E-state index contributed by atoms with van der Waals surface area (Å²) in [6, 6.07) is 7.12. The number of hydrogen-bond donors (Lipinski definition) is 0. The number of ketones is 1. The minimum atomic E-state index is -0.760. The molecule has 0 aliphatic carbocycles. The SMILES string of the molecule is C[C@@H](Oc1ccc(Br)cc1)C(=O)OCC(=O)C(C)(C)C. The van der Waals surface area contributed by atoms with Gasteiger partial charge in [0.05, 0.1) is 0 Å². The van der Waals surface area contributed by atoms with Gasteiger partial charge in [-0.3, -0.25) is 4.79 Å². The molecule has 0 fully saturated rings. The number of ether oxygens (including phenoxy) is 2. The molecule has 0 spiro atoms. The Morgan fingerprint density at radius 2 is 1.75 bits per heavy atom. The molecule has 0 bridgehead atoms. The maximum absolute atomic E-state index is 11.7. The summed E-state index contributed by atoms with van der Waals surface area (Å²) >= 11 is 3.32. The van der Waals surface area contributed by atoms with Crippen molar-refractivity contribution in [3.8, 4) is 5.75 Å². The molecule has 5 heteroatoms. The molecule has 0 aliphatic rings. The molecular weight excluding hydrogens is 324 g/mol. The smallest absolute Gasteiger partial charge is 0.347 e. The fraction of sp³-hybridized carbons (Fsp3) is 0.467.